The Kier molecular flexibility index (Phi) is 7.39. The van der Waals surface area contributed by atoms with Gasteiger partial charge < -0.3 is 15.8 Å². The van der Waals surface area contributed by atoms with Gasteiger partial charge in [-0.2, -0.15) is 0 Å². The number of benzene rings is 1. The number of halogens is 1. The first-order chi connectivity index (χ1) is 8.06. The van der Waals surface area contributed by atoms with E-state index in [0.717, 1.165) is 5.75 Å². The van der Waals surface area contributed by atoms with E-state index in [4.69, 9.17) is 10.5 Å². The number of nitrogens with two attached hydrogens (primary N) is 1. The Labute approximate surface area is 114 Å². The summed E-state index contributed by atoms with van der Waals surface area (Å²) >= 11 is 0. The molecule has 0 aliphatic heterocycles. The molecule has 102 valence electrons. The Hall–Kier alpha value is -1.26. The molecular weight excluding hydrogens is 252 g/mol. The van der Waals surface area contributed by atoms with E-state index in [0.29, 0.717) is 19.7 Å². The van der Waals surface area contributed by atoms with Gasteiger partial charge in [0.1, 0.15) is 12.4 Å². The van der Waals surface area contributed by atoms with Crippen LogP contribution in [0.25, 0.3) is 0 Å². The maximum atomic E-state index is 11.7. The quantitative estimate of drug-likeness (QED) is 0.773. The highest BCUT2D eigenvalue weighted by Crippen LogP contribution is 2.12. The molecule has 0 atom stereocenters. The third kappa shape index (κ3) is 5.38. The van der Waals surface area contributed by atoms with Gasteiger partial charge in [0.2, 0.25) is 5.91 Å². The van der Waals surface area contributed by atoms with Crippen LogP contribution in [0.3, 0.4) is 0 Å². The molecule has 3 N–H and O–H groups in total. The molecule has 18 heavy (non-hydrogen) atoms. The lowest BCUT2D eigenvalue weighted by atomic mass is 9.93. The van der Waals surface area contributed by atoms with Crippen molar-refractivity contribution >= 4 is 18.3 Å². The summed E-state index contributed by atoms with van der Waals surface area (Å²) in [5.74, 6) is 0.761. The highest BCUT2D eigenvalue weighted by atomic mass is 35.5. The molecule has 1 aromatic carbocycles. The number of carbonyl (C=O) groups excluding carboxylic acids is 1. The Bertz CT molecular complexity index is 355. The molecule has 0 bridgehead atoms. The van der Waals surface area contributed by atoms with Gasteiger partial charge in [0, 0.05) is 6.54 Å². The summed E-state index contributed by atoms with van der Waals surface area (Å²) in [6.07, 6.45) is 0. The van der Waals surface area contributed by atoms with Crippen LogP contribution < -0.4 is 15.8 Å². The summed E-state index contributed by atoms with van der Waals surface area (Å²) < 4.78 is 5.46. The fraction of sp³-hybridized carbons (Fsp3) is 0.462. The highest BCUT2D eigenvalue weighted by Gasteiger charge is 2.24. The first-order valence-electron chi connectivity index (χ1n) is 5.72. The maximum absolute atomic E-state index is 11.7. The van der Waals surface area contributed by atoms with Crippen LogP contribution in [0.1, 0.15) is 13.8 Å². The summed E-state index contributed by atoms with van der Waals surface area (Å²) in [5, 5.41) is 2.80. The van der Waals surface area contributed by atoms with Crippen molar-refractivity contribution in [3.63, 3.8) is 0 Å². The van der Waals surface area contributed by atoms with Crippen molar-refractivity contribution in [3.05, 3.63) is 30.3 Å². The minimum Gasteiger partial charge on any atom is -0.492 e. The van der Waals surface area contributed by atoms with Crippen molar-refractivity contribution in [2.75, 3.05) is 19.7 Å². The first kappa shape index (κ1) is 16.7. The molecule has 1 aromatic rings. The van der Waals surface area contributed by atoms with Gasteiger partial charge in [-0.1, -0.05) is 18.2 Å². The molecule has 0 saturated heterocycles. The van der Waals surface area contributed by atoms with Gasteiger partial charge in [-0.3, -0.25) is 4.79 Å². The van der Waals surface area contributed by atoms with Crippen molar-refractivity contribution < 1.29 is 9.53 Å². The van der Waals surface area contributed by atoms with Crippen LogP contribution in [0.4, 0.5) is 0 Å². The fourth-order valence-electron chi connectivity index (χ4n) is 1.18. The summed E-state index contributed by atoms with van der Waals surface area (Å²) in [6.45, 7) is 4.91. The summed E-state index contributed by atoms with van der Waals surface area (Å²) in [4.78, 5) is 11.7. The van der Waals surface area contributed by atoms with E-state index in [1.165, 1.54) is 0 Å². The molecule has 0 aromatic heterocycles. The molecule has 1 rings (SSSR count). The van der Waals surface area contributed by atoms with E-state index in [2.05, 4.69) is 5.32 Å². The van der Waals surface area contributed by atoms with E-state index in [-0.39, 0.29) is 18.3 Å². The van der Waals surface area contributed by atoms with Crippen LogP contribution in [-0.4, -0.2) is 25.6 Å². The van der Waals surface area contributed by atoms with Crippen LogP contribution in [0.15, 0.2) is 30.3 Å². The number of rotatable bonds is 6. The van der Waals surface area contributed by atoms with Crippen LogP contribution >= 0.6 is 12.4 Å². The largest absolute Gasteiger partial charge is 0.492 e. The molecule has 0 unspecified atom stereocenters. The summed E-state index contributed by atoms with van der Waals surface area (Å²) in [6, 6.07) is 9.51. The minimum atomic E-state index is -0.521. The van der Waals surface area contributed by atoms with Gasteiger partial charge >= 0.3 is 0 Å². The van der Waals surface area contributed by atoms with Crippen molar-refractivity contribution in [2.45, 2.75) is 13.8 Å². The predicted octanol–water partition coefficient (Wildman–Crippen LogP) is 1.59. The van der Waals surface area contributed by atoms with E-state index < -0.39 is 5.41 Å². The summed E-state index contributed by atoms with van der Waals surface area (Å²) in [7, 11) is 0. The van der Waals surface area contributed by atoms with Gasteiger partial charge in [0.25, 0.3) is 0 Å². The molecule has 0 aliphatic carbocycles. The van der Waals surface area contributed by atoms with Crippen LogP contribution in [0, 0.1) is 5.41 Å². The van der Waals surface area contributed by atoms with Crippen molar-refractivity contribution in [2.24, 2.45) is 11.1 Å². The van der Waals surface area contributed by atoms with Gasteiger partial charge in [-0.15, -0.1) is 12.4 Å². The fourth-order valence-corrected chi connectivity index (χ4v) is 1.18. The number of ether oxygens (including phenoxy) is 1. The highest BCUT2D eigenvalue weighted by molar-refractivity contribution is 5.85. The average Bonchev–Trinajstić information content (AvgIpc) is 2.35. The molecule has 0 fully saturated rings. The predicted molar refractivity (Wildman–Crippen MR) is 75.0 cm³/mol. The molecule has 0 heterocycles. The number of carbonyl (C=O) groups is 1. The maximum Gasteiger partial charge on any atom is 0.227 e. The standard InChI is InChI=1S/C13H20N2O2.ClH/c1-13(2,10-14)12(16)15-8-9-17-11-6-4-3-5-7-11;/h3-7H,8-10,14H2,1-2H3,(H,15,16);1H. The number of para-hydroxylation sites is 1. The molecule has 4 nitrogen and oxygen atoms in total. The van der Waals surface area contributed by atoms with E-state index in [1.807, 2.05) is 44.2 Å². The number of hydrogen-bond donors (Lipinski definition) is 2. The average molecular weight is 273 g/mol. The number of amides is 1. The molecule has 1 amide bonds. The van der Waals surface area contributed by atoms with E-state index in [9.17, 15) is 4.79 Å². The lowest BCUT2D eigenvalue weighted by Gasteiger charge is -2.21. The van der Waals surface area contributed by atoms with Crippen LogP contribution in [0.5, 0.6) is 5.75 Å². The van der Waals surface area contributed by atoms with E-state index in [1.54, 1.807) is 0 Å². The van der Waals surface area contributed by atoms with E-state index >= 15 is 0 Å². The molecule has 0 saturated carbocycles. The molecule has 0 spiro atoms. The third-order valence-corrected chi connectivity index (χ3v) is 2.52. The molecule has 5 heteroatoms. The first-order valence-corrected chi connectivity index (χ1v) is 5.72. The topological polar surface area (TPSA) is 64.4 Å². The van der Waals surface area contributed by atoms with Crippen molar-refractivity contribution in [1.82, 2.24) is 5.32 Å². The number of nitrogens with one attached hydrogen (secondary N) is 1. The summed E-state index contributed by atoms with van der Waals surface area (Å²) in [5.41, 5.74) is 4.99. The van der Waals surface area contributed by atoms with Crippen LogP contribution in [-0.2, 0) is 4.79 Å². The second-order valence-corrected chi connectivity index (χ2v) is 4.51. The Morgan fingerprint density at radius 3 is 2.50 bits per heavy atom. The zero-order valence-electron chi connectivity index (χ0n) is 10.8. The van der Waals surface area contributed by atoms with Crippen molar-refractivity contribution in [1.29, 1.82) is 0 Å². The lowest BCUT2D eigenvalue weighted by Crippen LogP contribution is -2.43. The van der Waals surface area contributed by atoms with Gasteiger partial charge in [-0.05, 0) is 26.0 Å². The third-order valence-electron chi connectivity index (χ3n) is 2.52. The lowest BCUT2D eigenvalue weighted by molar-refractivity contribution is -0.128. The molecule has 0 radical (unpaired) electrons. The zero-order chi connectivity index (χ0) is 12.7. The second-order valence-electron chi connectivity index (χ2n) is 4.51. The molecule has 0 aliphatic rings. The van der Waals surface area contributed by atoms with Gasteiger partial charge in [0.05, 0.1) is 12.0 Å². The normalized spacial score (nSPS) is 10.4. The van der Waals surface area contributed by atoms with Gasteiger partial charge in [0.15, 0.2) is 0 Å². The zero-order valence-corrected chi connectivity index (χ0v) is 11.6. The minimum absolute atomic E-state index is 0. The Balaban J connectivity index is 0.00000289. The SMILES string of the molecule is CC(C)(CN)C(=O)NCCOc1ccccc1.Cl. The Morgan fingerprint density at radius 2 is 1.94 bits per heavy atom. The second kappa shape index (κ2) is 7.95. The smallest absolute Gasteiger partial charge is 0.227 e. The van der Waals surface area contributed by atoms with Gasteiger partial charge in [-0.25, -0.2) is 0 Å². The van der Waals surface area contributed by atoms with Crippen LogP contribution in [0.2, 0.25) is 0 Å². The number of hydrogen-bond acceptors (Lipinski definition) is 3. The van der Waals surface area contributed by atoms with Crippen molar-refractivity contribution in [3.8, 4) is 5.75 Å². The molecular formula is C13H21ClN2O2. The Morgan fingerprint density at radius 1 is 1.33 bits per heavy atom. The monoisotopic (exact) mass is 272 g/mol.